The van der Waals surface area contributed by atoms with E-state index in [2.05, 4.69) is 46.8 Å². The number of anilines is 1. The van der Waals surface area contributed by atoms with Gasteiger partial charge in [-0.1, -0.05) is 18.2 Å². The maximum atomic E-state index is 12.8. The van der Waals surface area contributed by atoms with E-state index in [4.69, 9.17) is 26.9 Å². The summed E-state index contributed by atoms with van der Waals surface area (Å²) in [6, 6.07) is 8.39. The Morgan fingerprint density at radius 2 is 1.41 bits per heavy atom. The maximum Gasteiger partial charge on any atom is 0.416 e. The number of fused-ring (bicyclic) bond motifs is 1. The second-order valence-corrected chi connectivity index (χ2v) is 10.7. The highest BCUT2D eigenvalue weighted by Crippen LogP contribution is 2.32. The third-order valence-electron chi connectivity index (χ3n) is 5.52. The van der Waals surface area contributed by atoms with Crippen LogP contribution in [0.1, 0.15) is 31.8 Å². The Bertz CT molecular complexity index is 1970. The number of carbonyl (C=O) groups is 2. The normalized spacial score (nSPS) is 11.2. The van der Waals surface area contributed by atoms with Gasteiger partial charge in [-0.25, -0.2) is 14.6 Å². The number of pyridine rings is 2. The molecule has 0 unspecified atom stereocenters. The number of alkyl halides is 6. The van der Waals surface area contributed by atoms with Crippen LogP contribution in [0.15, 0.2) is 91.5 Å². The minimum absolute atomic E-state index is 0.0133. The van der Waals surface area contributed by atoms with Crippen molar-refractivity contribution in [1.82, 2.24) is 15.0 Å². The summed E-state index contributed by atoms with van der Waals surface area (Å²) in [6.07, 6.45) is -3.55. The van der Waals surface area contributed by atoms with Gasteiger partial charge < -0.3 is 15.3 Å². The van der Waals surface area contributed by atoms with Crippen LogP contribution in [0.4, 0.5) is 32.0 Å². The van der Waals surface area contributed by atoms with E-state index in [0.29, 0.717) is 8.95 Å². The zero-order valence-corrected chi connectivity index (χ0v) is 26.3. The molecular formula is C28H15Br2ClF6N4O5. The molecule has 18 heteroatoms. The summed E-state index contributed by atoms with van der Waals surface area (Å²) in [4.78, 5) is 44.5. The van der Waals surface area contributed by atoms with E-state index in [0.717, 1.165) is 30.3 Å². The van der Waals surface area contributed by atoms with Crippen molar-refractivity contribution in [1.29, 1.82) is 0 Å². The quantitative estimate of drug-likeness (QED) is 0.136. The summed E-state index contributed by atoms with van der Waals surface area (Å²) >= 11 is 11.3. The molecule has 0 aliphatic heterocycles. The average Bonchev–Trinajstić information content (AvgIpc) is 2.99. The second kappa shape index (κ2) is 14.8. The molecule has 3 heterocycles. The second-order valence-electron chi connectivity index (χ2n) is 8.64. The van der Waals surface area contributed by atoms with Gasteiger partial charge in [0.15, 0.2) is 0 Å². The van der Waals surface area contributed by atoms with Crippen LogP contribution < -0.4 is 11.4 Å². The molecule has 0 aliphatic carbocycles. The zero-order chi connectivity index (χ0) is 34.4. The summed E-state index contributed by atoms with van der Waals surface area (Å²) in [7, 11) is 0. The molecule has 0 radical (unpaired) electrons. The van der Waals surface area contributed by atoms with E-state index >= 15 is 0 Å². The Labute approximate surface area is 275 Å². The molecule has 3 aromatic heterocycles. The molecule has 9 nitrogen and oxygen atoms in total. The van der Waals surface area contributed by atoms with Crippen LogP contribution >= 0.6 is 43.5 Å². The minimum atomic E-state index is -4.49. The number of nitrogens with zero attached hydrogens (tertiary/aromatic N) is 3. The van der Waals surface area contributed by atoms with Crippen molar-refractivity contribution in [2.45, 2.75) is 12.4 Å². The third-order valence-corrected chi connectivity index (χ3v) is 6.95. The zero-order valence-electron chi connectivity index (χ0n) is 22.3. The number of carboxylic acids is 1. The number of hydrogen-bond acceptors (Lipinski definition) is 8. The SMILES string of the molecule is Nc1c(Br)cncc1C(=O)O.O=C(Cl)c1cccc(C(F)(F)F)c1.O=c1oc(-c2cccc(C(F)(F)F)c2)nc2c(Br)cncc12. The Morgan fingerprint density at radius 1 is 0.848 bits per heavy atom. The highest BCUT2D eigenvalue weighted by Gasteiger charge is 2.31. The van der Waals surface area contributed by atoms with Gasteiger partial charge in [-0.05, 0) is 73.8 Å². The van der Waals surface area contributed by atoms with Crippen molar-refractivity contribution in [2.75, 3.05) is 5.73 Å². The van der Waals surface area contributed by atoms with Gasteiger partial charge in [0.05, 0.1) is 31.3 Å². The average molecular weight is 797 g/mol. The van der Waals surface area contributed by atoms with Crippen LogP contribution in [-0.4, -0.2) is 31.3 Å². The first-order valence-electron chi connectivity index (χ1n) is 12.0. The fourth-order valence-electron chi connectivity index (χ4n) is 3.34. The summed E-state index contributed by atoms with van der Waals surface area (Å²) in [5.74, 6) is -1.26. The first-order chi connectivity index (χ1) is 21.4. The van der Waals surface area contributed by atoms with Crippen molar-refractivity contribution in [2.24, 2.45) is 0 Å². The van der Waals surface area contributed by atoms with Crippen LogP contribution in [0.2, 0.25) is 0 Å². The van der Waals surface area contributed by atoms with Crippen molar-refractivity contribution in [3.63, 3.8) is 0 Å². The highest BCUT2D eigenvalue weighted by atomic mass is 79.9. The maximum absolute atomic E-state index is 12.8. The van der Waals surface area contributed by atoms with E-state index < -0.39 is 40.3 Å². The van der Waals surface area contributed by atoms with Gasteiger partial charge in [0, 0.05) is 35.9 Å². The Hall–Kier alpha value is -4.35. The van der Waals surface area contributed by atoms with E-state index in [-0.39, 0.29) is 39.2 Å². The predicted octanol–water partition coefficient (Wildman–Crippen LogP) is 8.24. The number of carboxylic acid groups (broad SMARTS) is 1. The lowest BCUT2D eigenvalue weighted by molar-refractivity contribution is -0.138. The Balaban J connectivity index is 0.000000205. The van der Waals surface area contributed by atoms with Crippen molar-refractivity contribution < 1.29 is 45.5 Å². The van der Waals surface area contributed by atoms with Crippen LogP contribution in [0.25, 0.3) is 22.4 Å². The third kappa shape index (κ3) is 9.34. The molecule has 240 valence electrons. The van der Waals surface area contributed by atoms with Gasteiger partial charge in [-0.15, -0.1) is 0 Å². The first-order valence-corrected chi connectivity index (χ1v) is 14.0. The lowest BCUT2D eigenvalue weighted by atomic mass is 10.1. The van der Waals surface area contributed by atoms with E-state index in [1.165, 1.54) is 43.0 Å². The fourth-order valence-corrected chi connectivity index (χ4v) is 4.21. The molecule has 0 saturated heterocycles. The lowest BCUT2D eigenvalue weighted by Crippen LogP contribution is -2.06. The van der Waals surface area contributed by atoms with Crippen LogP contribution in [0.5, 0.6) is 0 Å². The summed E-state index contributed by atoms with van der Waals surface area (Å²) in [5, 5.41) is 7.80. The number of halogens is 9. The topological polar surface area (TPSA) is 149 Å². The summed E-state index contributed by atoms with van der Waals surface area (Å²) in [6.45, 7) is 0. The van der Waals surface area contributed by atoms with Gasteiger partial charge >= 0.3 is 23.9 Å². The van der Waals surface area contributed by atoms with E-state index in [9.17, 15) is 40.7 Å². The van der Waals surface area contributed by atoms with Gasteiger partial charge in [-0.2, -0.15) is 26.3 Å². The van der Waals surface area contributed by atoms with Crippen molar-refractivity contribution in [3.05, 3.63) is 115 Å². The summed E-state index contributed by atoms with van der Waals surface area (Å²) < 4.78 is 80.4. The molecule has 0 spiro atoms. The number of nitrogens with two attached hydrogens (primary N) is 1. The number of carbonyl (C=O) groups excluding carboxylic acids is 1. The highest BCUT2D eigenvalue weighted by molar-refractivity contribution is 9.11. The molecule has 0 atom stereocenters. The van der Waals surface area contributed by atoms with Gasteiger partial charge in [0.1, 0.15) is 10.9 Å². The Morgan fingerprint density at radius 3 is 1.98 bits per heavy atom. The molecule has 0 bridgehead atoms. The molecule has 0 amide bonds. The Kier molecular flexibility index (Phi) is 11.6. The fraction of sp³-hybridized carbons (Fsp3) is 0.0714. The largest absolute Gasteiger partial charge is 0.478 e. The van der Waals surface area contributed by atoms with E-state index in [1.807, 2.05) is 0 Å². The molecule has 3 N–H and O–H groups in total. The minimum Gasteiger partial charge on any atom is -0.478 e. The summed E-state index contributed by atoms with van der Waals surface area (Å²) in [5.41, 5.74) is 3.38. The molecular weight excluding hydrogens is 782 g/mol. The van der Waals surface area contributed by atoms with Crippen molar-refractivity contribution >= 4 is 71.3 Å². The van der Waals surface area contributed by atoms with Crippen LogP contribution in [0.3, 0.4) is 0 Å². The monoisotopic (exact) mass is 794 g/mol. The van der Waals surface area contributed by atoms with Gasteiger partial charge in [0.25, 0.3) is 5.24 Å². The molecule has 0 saturated carbocycles. The number of rotatable bonds is 3. The molecule has 0 aliphatic rings. The number of nitrogen functional groups attached to an aromatic ring is 1. The van der Waals surface area contributed by atoms with Crippen LogP contribution in [0, 0.1) is 0 Å². The number of aromatic carboxylic acids is 1. The standard InChI is InChI=1S/C14H6BrF3N2O2.C8H4ClF3O.C6H5BrN2O2/c15-10-6-19-5-9-11(10)20-12(22-13(9)21)7-2-1-3-8(4-7)14(16,17)18;9-7(13)5-2-1-3-6(4-5)8(10,11)12;7-4-2-9-1-3(5(4)8)6(10)11/h1-6H;1-4H;1-2H,(H2,8,9)(H,10,11). The molecule has 0 fully saturated rings. The number of aromatic nitrogens is 3. The smallest absolute Gasteiger partial charge is 0.416 e. The molecule has 46 heavy (non-hydrogen) atoms. The van der Waals surface area contributed by atoms with Gasteiger partial charge in [0.2, 0.25) is 5.89 Å². The van der Waals surface area contributed by atoms with Gasteiger partial charge in [-0.3, -0.25) is 14.8 Å². The number of benzene rings is 2. The predicted molar refractivity (Wildman–Crippen MR) is 161 cm³/mol. The van der Waals surface area contributed by atoms with E-state index in [1.54, 1.807) is 0 Å². The molecule has 2 aromatic carbocycles. The molecule has 5 rings (SSSR count). The van der Waals surface area contributed by atoms with Crippen LogP contribution in [-0.2, 0) is 12.4 Å². The first kappa shape index (κ1) is 36.1. The lowest BCUT2D eigenvalue weighted by Gasteiger charge is -2.08. The molecule has 5 aromatic rings. The van der Waals surface area contributed by atoms with Crippen molar-refractivity contribution in [3.8, 4) is 11.5 Å². The number of hydrogen-bond donors (Lipinski definition) is 2.